The second-order valence-corrected chi connectivity index (χ2v) is 4.19. The second kappa shape index (κ2) is 6.44. The van der Waals surface area contributed by atoms with Crippen LogP contribution in [-0.2, 0) is 0 Å². The van der Waals surface area contributed by atoms with Crippen molar-refractivity contribution in [2.45, 2.75) is 39.2 Å². The smallest absolute Gasteiger partial charge is 0.0423 e. The number of rotatable bonds is 6. The summed E-state index contributed by atoms with van der Waals surface area (Å²) in [7, 11) is 2.01. The largest absolute Gasteiger partial charge is 0.313 e. The normalized spacial score (nSPS) is 12.4. The third kappa shape index (κ3) is 3.46. The molecule has 1 atom stereocenters. The van der Waals surface area contributed by atoms with E-state index in [9.17, 15) is 0 Å². The molecule has 88 valence electrons. The van der Waals surface area contributed by atoms with E-state index in [0.717, 1.165) is 24.2 Å². The van der Waals surface area contributed by atoms with Gasteiger partial charge in [0.2, 0.25) is 0 Å². The molecule has 1 aromatic heterocycles. The maximum Gasteiger partial charge on any atom is 0.0423 e. The summed E-state index contributed by atoms with van der Waals surface area (Å²) in [5, 5.41) is 3.36. The van der Waals surface area contributed by atoms with Crippen LogP contribution in [-0.4, -0.2) is 12.0 Å². The molecule has 1 heterocycles. The lowest BCUT2D eigenvalue weighted by Crippen LogP contribution is -2.18. The number of hydrogen-bond acceptors (Lipinski definition) is 2. The van der Waals surface area contributed by atoms with Gasteiger partial charge in [-0.3, -0.25) is 4.98 Å². The first-order valence-corrected chi connectivity index (χ1v) is 5.91. The number of hydrogen-bond donors (Lipinski definition) is 1. The summed E-state index contributed by atoms with van der Waals surface area (Å²) in [6, 6.07) is 4.68. The van der Waals surface area contributed by atoms with Crippen LogP contribution in [0.5, 0.6) is 0 Å². The van der Waals surface area contributed by atoms with Gasteiger partial charge >= 0.3 is 0 Å². The number of nitrogens with zero attached hydrogens (tertiary/aromatic N) is 1. The van der Waals surface area contributed by atoms with E-state index in [4.69, 9.17) is 0 Å². The third-order valence-electron chi connectivity index (χ3n) is 2.89. The van der Waals surface area contributed by atoms with Crippen LogP contribution >= 0.6 is 0 Å². The maximum atomic E-state index is 4.51. The van der Waals surface area contributed by atoms with Gasteiger partial charge in [-0.2, -0.15) is 0 Å². The Hall–Kier alpha value is -1.15. The predicted molar refractivity (Wildman–Crippen MR) is 69.6 cm³/mol. The van der Waals surface area contributed by atoms with Crippen molar-refractivity contribution in [2.24, 2.45) is 0 Å². The highest BCUT2D eigenvalue weighted by Crippen LogP contribution is 2.21. The zero-order valence-electron chi connectivity index (χ0n) is 10.6. The van der Waals surface area contributed by atoms with Gasteiger partial charge in [-0.25, -0.2) is 0 Å². The van der Waals surface area contributed by atoms with Gasteiger partial charge in [0.15, 0.2) is 0 Å². The summed E-state index contributed by atoms with van der Waals surface area (Å²) >= 11 is 0. The fourth-order valence-corrected chi connectivity index (χ4v) is 1.99. The zero-order valence-corrected chi connectivity index (χ0v) is 10.6. The minimum Gasteiger partial charge on any atom is -0.313 e. The molecule has 0 aliphatic heterocycles. The molecule has 0 saturated carbocycles. The maximum absolute atomic E-state index is 4.51. The van der Waals surface area contributed by atoms with Gasteiger partial charge in [-0.15, -0.1) is 6.58 Å². The Balaban J connectivity index is 2.74. The summed E-state index contributed by atoms with van der Waals surface area (Å²) in [6.45, 7) is 7.87. The van der Waals surface area contributed by atoms with E-state index >= 15 is 0 Å². The van der Waals surface area contributed by atoms with E-state index in [0.29, 0.717) is 6.04 Å². The van der Waals surface area contributed by atoms with Crippen molar-refractivity contribution in [1.82, 2.24) is 10.3 Å². The van der Waals surface area contributed by atoms with Crippen molar-refractivity contribution in [3.8, 4) is 0 Å². The lowest BCUT2D eigenvalue weighted by Gasteiger charge is -2.18. The van der Waals surface area contributed by atoms with Gasteiger partial charge in [0.05, 0.1) is 0 Å². The molecule has 0 aliphatic carbocycles. The molecular formula is C14H22N2. The summed E-state index contributed by atoms with van der Waals surface area (Å²) < 4.78 is 0. The number of allylic oxidation sites excluding steroid dienone is 1. The Labute approximate surface area is 98.8 Å². The van der Waals surface area contributed by atoms with Gasteiger partial charge in [-0.05, 0) is 51.8 Å². The van der Waals surface area contributed by atoms with Crippen molar-refractivity contribution < 1.29 is 0 Å². The first-order chi connectivity index (χ1) is 7.69. The van der Waals surface area contributed by atoms with Gasteiger partial charge in [0, 0.05) is 17.4 Å². The Kier molecular flexibility index (Phi) is 5.20. The number of aromatic nitrogens is 1. The topological polar surface area (TPSA) is 24.9 Å². The van der Waals surface area contributed by atoms with Crippen molar-refractivity contribution >= 4 is 0 Å². The van der Waals surface area contributed by atoms with Gasteiger partial charge in [0.25, 0.3) is 0 Å². The molecule has 1 unspecified atom stereocenters. The molecule has 0 aliphatic rings. The first-order valence-electron chi connectivity index (χ1n) is 5.91. The average molecular weight is 218 g/mol. The molecule has 1 N–H and O–H groups in total. The van der Waals surface area contributed by atoms with Gasteiger partial charge in [-0.1, -0.05) is 12.1 Å². The summed E-state index contributed by atoms with van der Waals surface area (Å²) in [5.41, 5.74) is 3.54. The molecule has 2 nitrogen and oxygen atoms in total. The molecular weight excluding hydrogens is 196 g/mol. The van der Waals surface area contributed by atoms with Crippen molar-refractivity contribution in [1.29, 1.82) is 0 Å². The van der Waals surface area contributed by atoms with Crippen LogP contribution in [0.15, 0.2) is 24.8 Å². The molecule has 2 heteroatoms. The van der Waals surface area contributed by atoms with E-state index in [-0.39, 0.29) is 0 Å². The molecule has 0 saturated heterocycles. The third-order valence-corrected chi connectivity index (χ3v) is 2.89. The molecule has 0 fully saturated rings. The number of unbranched alkanes of at least 4 members (excludes halogenated alkanes) is 1. The van der Waals surface area contributed by atoms with Crippen LogP contribution in [0.3, 0.4) is 0 Å². The standard InChI is InChI=1S/C14H22N2/c1-5-6-7-8-14(15-4)13-10-9-11(2)16-12(13)3/h5,9-10,14-15H,1,6-8H2,2-4H3. The van der Waals surface area contributed by atoms with Crippen LogP contribution in [0.1, 0.15) is 42.3 Å². The van der Waals surface area contributed by atoms with Crippen LogP contribution < -0.4 is 5.32 Å². The van der Waals surface area contributed by atoms with Crippen LogP contribution in [0, 0.1) is 13.8 Å². The van der Waals surface area contributed by atoms with Crippen LogP contribution in [0.25, 0.3) is 0 Å². The van der Waals surface area contributed by atoms with E-state index in [1.165, 1.54) is 12.0 Å². The zero-order chi connectivity index (χ0) is 12.0. The van der Waals surface area contributed by atoms with Gasteiger partial charge in [0.1, 0.15) is 0 Å². The Bertz CT molecular complexity index is 345. The quantitative estimate of drug-likeness (QED) is 0.585. The van der Waals surface area contributed by atoms with Crippen molar-refractivity contribution in [3.05, 3.63) is 41.7 Å². The molecule has 0 aromatic carbocycles. The fourth-order valence-electron chi connectivity index (χ4n) is 1.99. The molecule has 0 radical (unpaired) electrons. The Morgan fingerprint density at radius 3 is 2.75 bits per heavy atom. The van der Waals surface area contributed by atoms with E-state index in [2.05, 4.69) is 35.9 Å². The minimum absolute atomic E-state index is 0.410. The van der Waals surface area contributed by atoms with E-state index in [1.807, 2.05) is 20.0 Å². The lowest BCUT2D eigenvalue weighted by molar-refractivity contribution is 0.525. The summed E-state index contributed by atoms with van der Waals surface area (Å²) in [4.78, 5) is 4.51. The fraction of sp³-hybridized carbons (Fsp3) is 0.500. The van der Waals surface area contributed by atoms with Crippen molar-refractivity contribution in [2.75, 3.05) is 7.05 Å². The van der Waals surface area contributed by atoms with Crippen LogP contribution in [0.2, 0.25) is 0 Å². The monoisotopic (exact) mass is 218 g/mol. The molecule has 0 bridgehead atoms. The predicted octanol–water partition coefficient (Wildman–Crippen LogP) is 3.32. The highest BCUT2D eigenvalue weighted by Gasteiger charge is 2.11. The van der Waals surface area contributed by atoms with E-state index < -0.39 is 0 Å². The van der Waals surface area contributed by atoms with Crippen LogP contribution in [0.4, 0.5) is 0 Å². The average Bonchev–Trinajstić information content (AvgIpc) is 2.26. The van der Waals surface area contributed by atoms with E-state index in [1.54, 1.807) is 0 Å². The highest BCUT2D eigenvalue weighted by atomic mass is 14.9. The minimum atomic E-state index is 0.410. The molecule has 16 heavy (non-hydrogen) atoms. The number of aryl methyl sites for hydroxylation is 2. The Morgan fingerprint density at radius 1 is 1.44 bits per heavy atom. The summed E-state index contributed by atoms with van der Waals surface area (Å²) in [6.07, 6.45) is 5.36. The molecule has 0 amide bonds. The first kappa shape index (κ1) is 12.9. The molecule has 1 rings (SSSR count). The summed E-state index contributed by atoms with van der Waals surface area (Å²) in [5.74, 6) is 0. The number of nitrogens with one attached hydrogen (secondary N) is 1. The SMILES string of the molecule is C=CCCCC(NC)c1ccc(C)nc1C. The molecule has 0 spiro atoms. The van der Waals surface area contributed by atoms with Crippen molar-refractivity contribution in [3.63, 3.8) is 0 Å². The van der Waals surface area contributed by atoms with Gasteiger partial charge < -0.3 is 5.32 Å². The Morgan fingerprint density at radius 2 is 2.19 bits per heavy atom. The lowest BCUT2D eigenvalue weighted by atomic mass is 9.99. The number of pyridine rings is 1. The second-order valence-electron chi connectivity index (χ2n) is 4.19. The highest BCUT2D eigenvalue weighted by molar-refractivity contribution is 5.25. The molecule has 1 aromatic rings.